The largest absolute Gasteiger partial charge is 0.465 e. The summed E-state index contributed by atoms with van der Waals surface area (Å²) in [5.41, 5.74) is 4.22. The van der Waals surface area contributed by atoms with Gasteiger partial charge in [-0.1, -0.05) is 36.4 Å². The number of allylic oxidation sites excluding steroid dienone is 2. The van der Waals surface area contributed by atoms with Crippen LogP contribution in [0.2, 0.25) is 0 Å². The van der Waals surface area contributed by atoms with E-state index in [0.29, 0.717) is 11.1 Å². The van der Waals surface area contributed by atoms with Crippen LogP contribution >= 0.6 is 11.3 Å². The van der Waals surface area contributed by atoms with E-state index in [1.54, 1.807) is 6.07 Å². The average Bonchev–Trinajstić information content (AvgIpc) is 3.27. The van der Waals surface area contributed by atoms with Crippen molar-refractivity contribution >= 4 is 39.6 Å². The van der Waals surface area contributed by atoms with Gasteiger partial charge < -0.3 is 9.47 Å². The molecule has 4 nitrogen and oxygen atoms in total. The Bertz CT molecular complexity index is 1170. The zero-order chi connectivity index (χ0) is 20.4. The molecule has 0 amide bonds. The second-order valence-electron chi connectivity index (χ2n) is 6.76. The molecule has 4 rings (SSSR count). The summed E-state index contributed by atoms with van der Waals surface area (Å²) < 4.78 is 9.83. The smallest absolute Gasteiger partial charge is 0.339 e. The molecule has 0 saturated heterocycles. The Kier molecular flexibility index (Phi) is 5.32. The van der Waals surface area contributed by atoms with Gasteiger partial charge in [0.2, 0.25) is 0 Å². The van der Waals surface area contributed by atoms with Gasteiger partial charge in [0.05, 0.1) is 25.4 Å². The predicted molar refractivity (Wildman–Crippen MR) is 116 cm³/mol. The van der Waals surface area contributed by atoms with Crippen LogP contribution in [0, 0.1) is 0 Å². The Morgan fingerprint density at radius 3 is 2.31 bits per heavy atom. The van der Waals surface area contributed by atoms with Crippen molar-refractivity contribution in [2.45, 2.75) is 12.8 Å². The third-order valence-electron chi connectivity index (χ3n) is 5.10. The zero-order valence-electron chi connectivity index (χ0n) is 16.2. The number of hydrogen-bond donors (Lipinski definition) is 0. The lowest BCUT2D eigenvalue weighted by Gasteiger charge is -2.15. The first-order valence-electron chi connectivity index (χ1n) is 9.30. The number of carbonyl (C=O) groups is 2. The number of carbonyl (C=O) groups excluding carboxylic acids is 2. The fourth-order valence-corrected chi connectivity index (χ4v) is 4.52. The van der Waals surface area contributed by atoms with E-state index in [2.05, 4.69) is 18.2 Å². The van der Waals surface area contributed by atoms with Gasteiger partial charge in [0.25, 0.3) is 0 Å². The van der Waals surface area contributed by atoms with Crippen LogP contribution in [0.1, 0.15) is 28.8 Å². The minimum absolute atomic E-state index is 0.306. The van der Waals surface area contributed by atoms with Gasteiger partial charge in [0, 0.05) is 4.88 Å². The van der Waals surface area contributed by atoms with Crippen LogP contribution in [0.25, 0.3) is 26.8 Å². The normalized spacial score (nSPS) is 13.6. The molecule has 5 heteroatoms. The topological polar surface area (TPSA) is 52.6 Å². The van der Waals surface area contributed by atoms with Crippen LogP contribution < -0.4 is 0 Å². The molecule has 0 atom stereocenters. The fraction of sp³-hybridized carbons (Fsp3) is 0.167. The van der Waals surface area contributed by atoms with Gasteiger partial charge in [-0.15, -0.1) is 11.3 Å². The van der Waals surface area contributed by atoms with Crippen molar-refractivity contribution in [2.24, 2.45) is 0 Å². The average molecular weight is 404 g/mol. The highest BCUT2D eigenvalue weighted by Gasteiger charge is 2.18. The summed E-state index contributed by atoms with van der Waals surface area (Å²) >= 11 is 1.52. The monoisotopic (exact) mass is 404 g/mol. The van der Waals surface area contributed by atoms with E-state index >= 15 is 0 Å². The summed E-state index contributed by atoms with van der Waals surface area (Å²) in [7, 11) is 2.80. The van der Waals surface area contributed by atoms with E-state index in [9.17, 15) is 9.59 Å². The molecule has 0 saturated carbocycles. The Balaban J connectivity index is 1.76. The van der Waals surface area contributed by atoms with Crippen LogP contribution in [0.4, 0.5) is 0 Å². The Labute approximate surface area is 173 Å². The quantitative estimate of drug-likeness (QED) is 0.529. The summed E-state index contributed by atoms with van der Waals surface area (Å²) in [5.74, 6) is -0.635. The number of thiophene rings is 1. The molecular formula is C24H20O4S. The van der Waals surface area contributed by atoms with Gasteiger partial charge in [0.15, 0.2) is 0 Å². The molecule has 29 heavy (non-hydrogen) atoms. The lowest BCUT2D eigenvalue weighted by atomic mass is 9.90. The maximum atomic E-state index is 12.1. The molecular weight excluding hydrogens is 384 g/mol. The SMILES string of the molecule is COC(=O)C1=C(c2ccc3cc(-c4sccc4C(=O)OC)ccc3c2)CCC=C1. The number of ether oxygens (including phenoxy) is 2. The first-order chi connectivity index (χ1) is 14.1. The van der Waals surface area contributed by atoms with Gasteiger partial charge in [-0.3, -0.25) is 0 Å². The molecule has 146 valence electrons. The van der Waals surface area contributed by atoms with Crippen molar-refractivity contribution < 1.29 is 19.1 Å². The molecule has 1 aromatic heterocycles. The summed E-state index contributed by atoms with van der Waals surface area (Å²) in [5, 5.41) is 4.04. The molecule has 3 aromatic rings. The Hall–Kier alpha value is -3.18. The molecule has 0 spiro atoms. The number of hydrogen-bond acceptors (Lipinski definition) is 5. The highest BCUT2D eigenvalue weighted by Crippen LogP contribution is 2.35. The van der Waals surface area contributed by atoms with Crippen molar-refractivity contribution in [2.75, 3.05) is 14.2 Å². The maximum absolute atomic E-state index is 12.1. The van der Waals surface area contributed by atoms with Crippen LogP contribution in [0.3, 0.4) is 0 Å². The van der Waals surface area contributed by atoms with E-state index in [1.807, 2.05) is 35.7 Å². The summed E-state index contributed by atoms with van der Waals surface area (Å²) in [6.45, 7) is 0. The third kappa shape index (κ3) is 3.61. The van der Waals surface area contributed by atoms with Crippen LogP contribution in [-0.2, 0) is 14.3 Å². The van der Waals surface area contributed by atoms with Crippen molar-refractivity contribution in [1.29, 1.82) is 0 Å². The second-order valence-corrected chi connectivity index (χ2v) is 7.67. The van der Waals surface area contributed by atoms with Gasteiger partial charge in [0.1, 0.15) is 0 Å². The highest BCUT2D eigenvalue weighted by atomic mass is 32.1. The van der Waals surface area contributed by atoms with E-state index in [1.165, 1.54) is 25.6 Å². The first kappa shape index (κ1) is 19.2. The van der Waals surface area contributed by atoms with Gasteiger partial charge in [-0.05, 0) is 63.9 Å². The Morgan fingerprint density at radius 2 is 1.59 bits per heavy atom. The molecule has 0 bridgehead atoms. The van der Waals surface area contributed by atoms with E-state index in [4.69, 9.17) is 9.47 Å². The molecule has 0 unspecified atom stereocenters. The zero-order valence-corrected chi connectivity index (χ0v) is 17.0. The molecule has 0 radical (unpaired) electrons. The molecule has 1 heterocycles. The number of esters is 2. The number of methoxy groups -OCH3 is 2. The van der Waals surface area contributed by atoms with Crippen molar-refractivity contribution in [1.82, 2.24) is 0 Å². The molecule has 2 aromatic carbocycles. The highest BCUT2D eigenvalue weighted by molar-refractivity contribution is 7.14. The number of rotatable bonds is 4. The van der Waals surface area contributed by atoms with Crippen LogP contribution in [0.15, 0.2) is 65.6 Å². The number of fused-ring (bicyclic) bond motifs is 1. The summed E-state index contributed by atoms with van der Waals surface area (Å²) in [6.07, 6.45) is 5.57. The standard InChI is InChI=1S/C24H20O4S/c1-27-23(25)20-6-4-3-5-19(20)17-9-7-16-14-18(10-8-15(16)13-17)22-21(11-12-29-22)24(26)28-2/h4,6-14H,3,5H2,1-2H3. The van der Waals surface area contributed by atoms with Gasteiger partial charge >= 0.3 is 11.9 Å². The summed E-state index contributed by atoms with van der Waals surface area (Å²) in [6, 6.07) is 14.1. The third-order valence-corrected chi connectivity index (χ3v) is 6.06. The second kappa shape index (κ2) is 8.05. The molecule has 1 aliphatic rings. The fourth-order valence-electron chi connectivity index (χ4n) is 3.64. The van der Waals surface area contributed by atoms with E-state index < -0.39 is 0 Å². The van der Waals surface area contributed by atoms with Gasteiger partial charge in [-0.25, -0.2) is 9.59 Å². The van der Waals surface area contributed by atoms with E-state index in [-0.39, 0.29) is 11.9 Å². The Morgan fingerprint density at radius 1 is 0.897 bits per heavy atom. The molecule has 0 fully saturated rings. The predicted octanol–water partition coefficient (Wildman–Crippen LogP) is 5.63. The minimum atomic E-state index is -0.329. The first-order valence-corrected chi connectivity index (χ1v) is 10.2. The lowest BCUT2D eigenvalue weighted by molar-refractivity contribution is -0.135. The van der Waals surface area contributed by atoms with Gasteiger partial charge in [-0.2, -0.15) is 0 Å². The summed E-state index contributed by atoms with van der Waals surface area (Å²) in [4.78, 5) is 25.0. The van der Waals surface area contributed by atoms with Crippen LogP contribution in [0.5, 0.6) is 0 Å². The van der Waals surface area contributed by atoms with Crippen molar-refractivity contribution in [3.05, 3.63) is 76.7 Å². The molecule has 0 aliphatic heterocycles. The van der Waals surface area contributed by atoms with Crippen molar-refractivity contribution in [3.63, 3.8) is 0 Å². The van der Waals surface area contributed by atoms with Crippen LogP contribution in [-0.4, -0.2) is 26.2 Å². The lowest BCUT2D eigenvalue weighted by Crippen LogP contribution is -2.08. The van der Waals surface area contributed by atoms with E-state index in [0.717, 1.165) is 45.2 Å². The number of benzene rings is 2. The van der Waals surface area contributed by atoms with Crippen molar-refractivity contribution in [3.8, 4) is 10.4 Å². The minimum Gasteiger partial charge on any atom is -0.465 e. The molecule has 0 N–H and O–H groups in total. The maximum Gasteiger partial charge on any atom is 0.339 e. The molecule has 1 aliphatic carbocycles.